The fourth-order valence-corrected chi connectivity index (χ4v) is 1.03. The average Bonchev–Trinajstić information content (AvgIpc) is 2.27. The van der Waals surface area contributed by atoms with E-state index in [1.54, 1.807) is 6.07 Å². The summed E-state index contributed by atoms with van der Waals surface area (Å²) in [7, 11) is 0. The molecule has 0 saturated heterocycles. The molecule has 1 aromatic rings. The van der Waals surface area contributed by atoms with Crippen LogP contribution in [0.4, 0.5) is 13.2 Å². The number of hydrogen-bond donors (Lipinski definition) is 1. The summed E-state index contributed by atoms with van der Waals surface area (Å²) in [6, 6.07) is 2.92. The van der Waals surface area contributed by atoms with Crippen molar-refractivity contribution in [1.82, 2.24) is 4.98 Å². The van der Waals surface area contributed by atoms with Gasteiger partial charge in [0, 0.05) is 30.0 Å². The van der Waals surface area contributed by atoms with Gasteiger partial charge in [-0.2, -0.15) is 25.8 Å². The average molecular weight is 261 g/mol. The molecule has 0 aromatic carbocycles. The maximum Gasteiger partial charge on any atom is 0.422 e. The minimum atomic E-state index is -4.35. The molecule has 0 fully saturated rings. The topological polar surface area (TPSA) is 22.1 Å². The zero-order chi connectivity index (χ0) is 12.7. The largest absolute Gasteiger partial charge is 0.468 e. The maximum atomic E-state index is 11.8. The van der Waals surface area contributed by atoms with E-state index in [-0.39, 0.29) is 5.88 Å². The first-order valence-electron chi connectivity index (χ1n) is 4.76. The van der Waals surface area contributed by atoms with E-state index in [0.717, 1.165) is 0 Å². The highest BCUT2D eigenvalue weighted by molar-refractivity contribution is 7.80. The van der Waals surface area contributed by atoms with E-state index in [1.165, 1.54) is 12.3 Å². The zero-order valence-electron chi connectivity index (χ0n) is 8.79. The van der Waals surface area contributed by atoms with Gasteiger partial charge in [0.2, 0.25) is 5.88 Å². The van der Waals surface area contributed by atoms with Gasteiger partial charge in [0.25, 0.3) is 0 Å². The normalized spacial score (nSPS) is 10.6. The van der Waals surface area contributed by atoms with Gasteiger partial charge in [0.1, 0.15) is 0 Å². The van der Waals surface area contributed by atoms with Crippen molar-refractivity contribution in [3.8, 4) is 17.7 Å². The van der Waals surface area contributed by atoms with Gasteiger partial charge in [-0.1, -0.05) is 11.8 Å². The summed E-state index contributed by atoms with van der Waals surface area (Å²) in [6.45, 7) is -1.34. The number of rotatable bonds is 3. The highest BCUT2D eigenvalue weighted by atomic mass is 32.1. The van der Waals surface area contributed by atoms with Crippen LogP contribution in [-0.2, 0) is 0 Å². The Morgan fingerprint density at radius 3 is 2.65 bits per heavy atom. The Hall–Kier alpha value is -1.35. The van der Waals surface area contributed by atoms with Crippen LogP contribution in [0.25, 0.3) is 0 Å². The van der Waals surface area contributed by atoms with Crippen molar-refractivity contribution in [3.05, 3.63) is 23.9 Å². The van der Waals surface area contributed by atoms with E-state index >= 15 is 0 Å². The molecule has 92 valence electrons. The van der Waals surface area contributed by atoms with Crippen molar-refractivity contribution >= 4 is 12.6 Å². The van der Waals surface area contributed by atoms with Gasteiger partial charge in [-0.25, -0.2) is 4.98 Å². The van der Waals surface area contributed by atoms with Crippen LogP contribution in [0.3, 0.4) is 0 Å². The molecule has 0 bridgehead atoms. The SMILES string of the molecule is FC(F)(F)COc1ccc(C#CCCS)cn1. The second kappa shape index (κ2) is 6.40. The summed E-state index contributed by atoms with van der Waals surface area (Å²) in [5.41, 5.74) is 0.631. The molecule has 0 atom stereocenters. The quantitative estimate of drug-likeness (QED) is 0.667. The monoisotopic (exact) mass is 261 g/mol. The Morgan fingerprint density at radius 2 is 2.12 bits per heavy atom. The summed E-state index contributed by atoms with van der Waals surface area (Å²) in [6.07, 6.45) is -2.33. The van der Waals surface area contributed by atoms with Crippen molar-refractivity contribution in [2.24, 2.45) is 0 Å². The van der Waals surface area contributed by atoms with Crippen molar-refractivity contribution in [1.29, 1.82) is 0 Å². The summed E-state index contributed by atoms with van der Waals surface area (Å²) >= 11 is 3.99. The molecule has 0 amide bonds. The molecule has 0 unspecified atom stereocenters. The first kappa shape index (κ1) is 13.7. The Labute approximate surface area is 103 Å². The summed E-state index contributed by atoms with van der Waals surface area (Å²) < 4.78 is 40.0. The zero-order valence-corrected chi connectivity index (χ0v) is 9.68. The number of thiol groups is 1. The van der Waals surface area contributed by atoms with E-state index in [9.17, 15) is 13.2 Å². The number of aromatic nitrogens is 1. The lowest BCUT2D eigenvalue weighted by Gasteiger charge is -2.07. The number of pyridine rings is 1. The lowest BCUT2D eigenvalue weighted by Crippen LogP contribution is -2.19. The van der Waals surface area contributed by atoms with Crippen LogP contribution in [0, 0.1) is 11.8 Å². The fraction of sp³-hybridized carbons (Fsp3) is 0.364. The Morgan fingerprint density at radius 1 is 1.35 bits per heavy atom. The number of hydrogen-bond acceptors (Lipinski definition) is 3. The molecule has 0 aliphatic rings. The lowest BCUT2D eigenvalue weighted by atomic mass is 10.3. The van der Waals surface area contributed by atoms with E-state index in [2.05, 4.69) is 34.2 Å². The van der Waals surface area contributed by atoms with Crippen LogP contribution in [0.5, 0.6) is 5.88 Å². The van der Waals surface area contributed by atoms with Gasteiger partial charge in [0.15, 0.2) is 6.61 Å². The Kier molecular flexibility index (Phi) is 5.16. The van der Waals surface area contributed by atoms with Crippen LogP contribution < -0.4 is 4.74 Å². The van der Waals surface area contributed by atoms with Crippen molar-refractivity contribution < 1.29 is 17.9 Å². The standard InChI is InChI=1S/C11H10F3NOS/c12-11(13,14)8-16-10-5-4-9(7-15-10)3-1-2-6-17/h4-5,7,17H,2,6,8H2. The molecule has 0 aliphatic heterocycles. The predicted molar refractivity (Wildman–Crippen MR) is 61.1 cm³/mol. The van der Waals surface area contributed by atoms with E-state index in [0.29, 0.717) is 17.7 Å². The Balaban J connectivity index is 2.54. The molecule has 6 heteroatoms. The Bertz CT molecular complexity index is 405. The molecule has 1 heterocycles. The third kappa shape index (κ3) is 6.07. The number of alkyl halides is 3. The number of halogens is 3. The minimum Gasteiger partial charge on any atom is -0.468 e. The molecule has 1 aromatic heterocycles. The van der Waals surface area contributed by atoms with Gasteiger partial charge in [-0.05, 0) is 6.07 Å². The van der Waals surface area contributed by atoms with Gasteiger partial charge in [-0.3, -0.25) is 0 Å². The lowest BCUT2D eigenvalue weighted by molar-refractivity contribution is -0.154. The first-order valence-corrected chi connectivity index (χ1v) is 5.40. The van der Waals surface area contributed by atoms with Crippen LogP contribution in [0.15, 0.2) is 18.3 Å². The van der Waals surface area contributed by atoms with Crippen LogP contribution in [0.2, 0.25) is 0 Å². The maximum absolute atomic E-state index is 11.8. The fourth-order valence-electron chi connectivity index (χ4n) is 0.916. The summed E-state index contributed by atoms with van der Waals surface area (Å²) in [4.78, 5) is 3.72. The first-order chi connectivity index (χ1) is 8.01. The van der Waals surface area contributed by atoms with E-state index in [4.69, 9.17) is 0 Å². The van der Waals surface area contributed by atoms with Crippen molar-refractivity contribution in [2.75, 3.05) is 12.4 Å². The summed E-state index contributed by atoms with van der Waals surface area (Å²) in [5, 5.41) is 0. The van der Waals surface area contributed by atoms with Crippen molar-refractivity contribution in [3.63, 3.8) is 0 Å². The molecule has 0 radical (unpaired) electrons. The van der Waals surface area contributed by atoms with Crippen LogP contribution in [-0.4, -0.2) is 23.5 Å². The molecule has 0 N–H and O–H groups in total. The van der Waals surface area contributed by atoms with E-state index in [1.807, 2.05) is 0 Å². The number of ether oxygens (including phenoxy) is 1. The molecule has 17 heavy (non-hydrogen) atoms. The molecule has 2 nitrogen and oxygen atoms in total. The third-order valence-electron chi connectivity index (χ3n) is 1.59. The predicted octanol–water partition coefficient (Wildman–Crippen LogP) is 2.69. The number of nitrogens with zero attached hydrogens (tertiary/aromatic N) is 1. The van der Waals surface area contributed by atoms with Crippen LogP contribution >= 0.6 is 12.6 Å². The second-order valence-corrected chi connectivity index (χ2v) is 3.51. The van der Waals surface area contributed by atoms with Gasteiger partial charge < -0.3 is 4.74 Å². The molecular formula is C11H10F3NOS. The molecule has 0 spiro atoms. The van der Waals surface area contributed by atoms with E-state index < -0.39 is 12.8 Å². The second-order valence-electron chi connectivity index (χ2n) is 3.06. The molecular weight excluding hydrogens is 251 g/mol. The molecule has 0 aliphatic carbocycles. The smallest absolute Gasteiger partial charge is 0.422 e. The highest BCUT2D eigenvalue weighted by Crippen LogP contribution is 2.16. The summed E-state index contributed by atoms with van der Waals surface area (Å²) in [5.74, 6) is 6.24. The van der Waals surface area contributed by atoms with Crippen LogP contribution in [0.1, 0.15) is 12.0 Å². The molecule has 0 saturated carbocycles. The van der Waals surface area contributed by atoms with Gasteiger partial charge in [-0.15, -0.1) is 0 Å². The molecule has 1 rings (SSSR count). The van der Waals surface area contributed by atoms with Crippen molar-refractivity contribution in [2.45, 2.75) is 12.6 Å². The third-order valence-corrected chi connectivity index (χ3v) is 1.81. The highest BCUT2D eigenvalue weighted by Gasteiger charge is 2.28. The van der Waals surface area contributed by atoms with Gasteiger partial charge in [0.05, 0.1) is 0 Å². The minimum absolute atomic E-state index is 0.0675. The van der Waals surface area contributed by atoms with Gasteiger partial charge >= 0.3 is 6.18 Å².